The van der Waals surface area contributed by atoms with Crippen LogP contribution >= 0.6 is 11.3 Å². The molecule has 1 atom stereocenters. The van der Waals surface area contributed by atoms with E-state index in [1.165, 1.54) is 21.9 Å². The van der Waals surface area contributed by atoms with Gasteiger partial charge < -0.3 is 15.7 Å². The van der Waals surface area contributed by atoms with Crippen LogP contribution in [-0.2, 0) is 13.0 Å². The molecule has 0 aliphatic heterocycles. The number of aliphatic hydroxyl groups excluding tert-OH is 1. The minimum Gasteiger partial charge on any atom is -0.387 e. The molecule has 1 heterocycles. The molecule has 0 bridgehead atoms. The molecule has 24 heavy (non-hydrogen) atoms. The van der Waals surface area contributed by atoms with E-state index in [0.29, 0.717) is 24.6 Å². The highest BCUT2D eigenvalue weighted by atomic mass is 32.1. The molecule has 1 aromatic heterocycles. The van der Waals surface area contributed by atoms with Gasteiger partial charge in [-0.05, 0) is 43.2 Å². The second-order valence-electron chi connectivity index (χ2n) is 5.36. The Balaban J connectivity index is 1.92. The fourth-order valence-corrected chi connectivity index (χ4v) is 3.07. The number of guanidine groups is 1. The quantitative estimate of drug-likeness (QED) is 0.531. The van der Waals surface area contributed by atoms with Gasteiger partial charge >= 0.3 is 0 Å². The summed E-state index contributed by atoms with van der Waals surface area (Å²) in [7, 11) is 0. The molecule has 2 aromatic rings. The first-order valence-corrected chi connectivity index (χ1v) is 8.97. The number of halogens is 1. The summed E-state index contributed by atoms with van der Waals surface area (Å²) in [5, 5.41) is 16.5. The van der Waals surface area contributed by atoms with Crippen LogP contribution in [0.25, 0.3) is 0 Å². The molecule has 0 saturated carbocycles. The third-order valence-electron chi connectivity index (χ3n) is 3.52. The Morgan fingerprint density at radius 1 is 1.12 bits per heavy atom. The second kappa shape index (κ2) is 9.39. The van der Waals surface area contributed by atoms with Crippen LogP contribution in [0.4, 0.5) is 4.39 Å². The van der Waals surface area contributed by atoms with Crippen molar-refractivity contribution < 1.29 is 9.50 Å². The Bertz CT molecular complexity index is 655. The smallest absolute Gasteiger partial charge is 0.191 e. The number of nitrogens with zero attached hydrogens (tertiary/aromatic N) is 1. The van der Waals surface area contributed by atoms with Gasteiger partial charge in [0.05, 0.1) is 12.6 Å². The number of hydrogen-bond donors (Lipinski definition) is 3. The topological polar surface area (TPSA) is 56.7 Å². The van der Waals surface area contributed by atoms with Crippen LogP contribution in [0.2, 0.25) is 0 Å². The van der Waals surface area contributed by atoms with Gasteiger partial charge in [-0.3, -0.25) is 0 Å². The molecule has 0 aliphatic rings. The lowest BCUT2D eigenvalue weighted by atomic mass is 10.1. The Labute approximate surface area is 146 Å². The first-order chi connectivity index (χ1) is 11.6. The SMILES string of the molecule is CCNC(=NCc1ccc(CC)s1)NCC(O)c1ccc(F)cc1. The average Bonchev–Trinajstić information content (AvgIpc) is 3.06. The number of hydrogen-bond acceptors (Lipinski definition) is 3. The number of aliphatic imine (C=N–C) groups is 1. The third kappa shape index (κ3) is 5.62. The van der Waals surface area contributed by atoms with Crippen LogP contribution in [-0.4, -0.2) is 24.2 Å². The van der Waals surface area contributed by atoms with Gasteiger partial charge in [0.1, 0.15) is 5.82 Å². The maximum absolute atomic E-state index is 12.9. The molecule has 130 valence electrons. The Kier molecular flexibility index (Phi) is 7.21. The zero-order chi connectivity index (χ0) is 17.4. The lowest BCUT2D eigenvalue weighted by molar-refractivity contribution is 0.180. The Hall–Kier alpha value is -1.92. The number of nitrogens with one attached hydrogen (secondary N) is 2. The van der Waals surface area contributed by atoms with Crippen LogP contribution < -0.4 is 10.6 Å². The van der Waals surface area contributed by atoms with Crippen LogP contribution in [0, 0.1) is 5.82 Å². The van der Waals surface area contributed by atoms with E-state index in [0.717, 1.165) is 13.0 Å². The second-order valence-corrected chi connectivity index (χ2v) is 6.62. The summed E-state index contributed by atoms with van der Waals surface area (Å²) in [5.74, 6) is 0.348. The van der Waals surface area contributed by atoms with Gasteiger partial charge in [0.25, 0.3) is 0 Å². The molecule has 0 fully saturated rings. The van der Waals surface area contributed by atoms with E-state index < -0.39 is 6.10 Å². The molecule has 3 N–H and O–H groups in total. The molecule has 0 radical (unpaired) electrons. The molecular weight excluding hydrogens is 325 g/mol. The van der Waals surface area contributed by atoms with Crippen LogP contribution in [0.3, 0.4) is 0 Å². The molecule has 2 rings (SSSR count). The third-order valence-corrected chi connectivity index (χ3v) is 4.73. The molecule has 0 saturated heterocycles. The fourth-order valence-electron chi connectivity index (χ4n) is 2.19. The zero-order valence-corrected chi connectivity index (χ0v) is 14.9. The van der Waals surface area contributed by atoms with E-state index in [4.69, 9.17) is 0 Å². The van der Waals surface area contributed by atoms with Gasteiger partial charge in [-0.15, -0.1) is 11.3 Å². The largest absolute Gasteiger partial charge is 0.387 e. The molecule has 6 heteroatoms. The molecular formula is C18H24FN3OS. The summed E-state index contributed by atoms with van der Waals surface area (Å²) in [4.78, 5) is 7.11. The van der Waals surface area contributed by atoms with Gasteiger partial charge in [-0.25, -0.2) is 9.38 Å². The van der Waals surface area contributed by atoms with E-state index in [9.17, 15) is 9.50 Å². The molecule has 1 aromatic carbocycles. The molecule has 0 spiro atoms. The Morgan fingerprint density at radius 3 is 2.46 bits per heavy atom. The van der Waals surface area contributed by atoms with Gasteiger partial charge in [0.2, 0.25) is 0 Å². The predicted octanol–water partition coefficient (Wildman–Crippen LogP) is 3.24. The summed E-state index contributed by atoms with van der Waals surface area (Å²) in [6, 6.07) is 10.1. The highest BCUT2D eigenvalue weighted by Crippen LogP contribution is 2.17. The van der Waals surface area contributed by atoms with E-state index in [2.05, 4.69) is 34.7 Å². The number of thiophene rings is 1. The van der Waals surface area contributed by atoms with E-state index in [-0.39, 0.29) is 5.82 Å². The number of benzene rings is 1. The molecule has 4 nitrogen and oxygen atoms in total. The normalized spacial score (nSPS) is 12.9. The average molecular weight is 349 g/mol. The van der Waals surface area contributed by atoms with E-state index in [1.807, 2.05) is 6.92 Å². The van der Waals surface area contributed by atoms with E-state index >= 15 is 0 Å². The summed E-state index contributed by atoms with van der Waals surface area (Å²) in [6.45, 7) is 5.78. The summed E-state index contributed by atoms with van der Waals surface area (Å²) in [5.41, 5.74) is 0.672. The lowest BCUT2D eigenvalue weighted by Gasteiger charge is -2.15. The van der Waals surface area contributed by atoms with Crippen molar-refractivity contribution in [2.45, 2.75) is 32.9 Å². The summed E-state index contributed by atoms with van der Waals surface area (Å²) < 4.78 is 12.9. The number of aliphatic hydroxyl groups is 1. The van der Waals surface area contributed by atoms with Crippen molar-refractivity contribution in [2.24, 2.45) is 4.99 Å². The van der Waals surface area contributed by atoms with Gasteiger partial charge in [-0.2, -0.15) is 0 Å². The fraction of sp³-hybridized carbons (Fsp3) is 0.389. The van der Waals surface area contributed by atoms with Gasteiger partial charge in [-0.1, -0.05) is 19.1 Å². The number of rotatable bonds is 7. The summed E-state index contributed by atoms with van der Waals surface area (Å²) in [6.07, 6.45) is 0.319. The standard InChI is InChI=1S/C18H24FN3OS/c1-3-15-9-10-16(24-15)11-21-18(20-4-2)22-12-17(23)13-5-7-14(19)8-6-13/h5-10,17,23H,3-4,11-12H2,1-2H3,(H2,20,21,22). The first-order valence-electron chi connectivity index (χ1n) is 8.15. The monoisotopic (exact) mass is 349 g/mol. The van der Waals surface area contributed by atoms with Crippen molar-refractivity contribution in [3.05, 3.63) is 57.5 Å². The minimum atomic E-state index is -0.720. The van der Waals surface area contributed by atoms with Crippen molar-refractivity contribution >= 4 is 17.3 Å². The maximum atomic E-state index is 12.9. The van der Waals surface area contributed by atoms with Gasteiger partial charge in [0.15, 0.2) is 5.96 Å². The molecule has 0 aliphatic carbocycles. The highest BCUT2D eigenvalue weighted by molar-refractivity contribution is 7.11. The van der Waals surface area contributed by atoms with Crippen LogP contribution in [0.15, 0.2) is 41.4 Å². The zero-order valence-electron chi connectivity index (χ0n) is 14.1. The predicted molar refractivity (Wildman–Crippen MR) is 97.9 cm³/mol. The maximum Gasteiger partial charge on any atom is 0.191 e. The van der Waals surface area contributed by atoms with E-state index in [1.54, 1.807) is 23.5 Å². The van der Waals surface area contributed by atoms with Crippen molar-refractivity contribution in [3.8, 4) is 0 Å². The van der Waals surface area contributed by atoms with Crippen molar-refractivity contribution in [1.82, 2.24) is 10.6 Å². The van der Waals surface area contributed by atoms with Crippen LogP contribution in [0.1, 0.15) is 35.3 Å². The highest BCUT2D eigenvalue weighted by Gasteiger charge is 2.08. The summed E-state index contributed by atoms with van der Waals surface area (Å²) >= 11 is 1.77. The molecule has 1 unspecified atom stereocenters. The lowest BCUT2D eigenvalue weighted by Crippen LogP contribution is -2.39. The molecule has 0 amide bonds. The Morgan fingerprint density at radius 2 is 1.83 bits per heavy atom. The minimum absolute atomic E-state index is 0.308. The number of aryl methyl sites for hydroxylation is 1. The van der Waals surface area contributed by atoms with Crippen LogP contribution in [0.5, 0.6) is 0 Å². The first kappa shape index (κ1) is 18.4. The van der Waals surface area contributed by atoms with Crippen molar-refractivity contribution in [2.75, 3.05) is 13.1 Å². The van der Waals surface area contributed by atoms with Gasteiger partial charge in [0, 0.05) is 22.8 Å². The van der Waals surface area contributed by atoms with Crippen molar-refractivity contribution in [1.29, 1.82) is 0 Å². The van der Waals surface area contributed by atoms with Crippen molar-refractivity contribution in [3.63, 3.8) is 0 Å².